The number of likely N-dealkylation sites (tertiary alicyclic amines) is 1. The molecule has 1 aromatic heterocycles. The molecule has 0 spiro atoms. The molecule has 0 unspecified atom stereocenters. The van der Waals surface area contributed by atoms with Crippen LogP contribution in [0.4, 0.5) is 10.5 Å². The highest BCUT2D eigenvalue weighted by Gasteiger charge is 2.48. The minimum atomic E-state index is -0.914. The fourth-order valence-electron chi connectivity index (χ4n) is 2.67. The topological polar surface area (TPSA) is 96.7 Å². The van der Waals surface area contributed by atoms with Crippen LogP contribution in [0.1, 0.15) is 32.9 Å². The Balaban J connectivity index is 2.07. The summed E-state index contributed by atoms with van der Waals surface area (Å²) in [5.41, 5.74) is 0.289. The van der Waals surface area contributed by atoms with Gasteiger partial charge in [-0.2, -0.15) is 5.10 Å². The number of amides is 1. The molecule has 8 nitrogen and oxygen atoms in total. The highest BCUT2D eigenvalue weighted by molar-refractivity contribution is 5.74. The number of carboxylic acid groups (broad SMARTS) is 1. The molecule has 0 aliphatic carbocycles. The maximum atomic E-state index is 12.1. The van der Waals surface area contributed by atoms with Crippen molar-refractivity contribution in [1.29, 1.82) is 0 Å². The Bertz CT molecular complexity index is 611. The standard InChI is InChI=1S/C15H24N4O4/c1-10-11(7-18(5)17-10)16-15(6-12(20)21)8-19(9-15)13(22)23-14(2,3)4/h7,16H,6,8-9H2,1-5H3,(H,20,21). The Labute approximate surface area is 135 Å². The minimum absolute atomic E-state index is 0.0827. The van der Waals surface area contributed by atoms with Gasteiger partial charge in [0.2, 0.25) is 0 Å². The van der Waals surface area contributed by atoms with Crippen molar-refractivity contribution < 1.29 is 19.4 Å². The van der Waals surface area contributed by atoms with Gasteiger partial charge >= 0.3 is 12.1 Å². The molecule has 2 N–H and O–H groups in total. The van der Waals surface area contributed by atoms with Crippen molar-refractivity contribution in [3.63, 3.8) is 0 Å². The van der Waals surface area contributed by atoms with Gasteiger partial charge in [-0.15, -0.1) is 0 Å². The summed E-state index contributed by atoms with van der Waals surface area (Å²) in [5.74, 6) is -0.914. The van der Waals surface area contributed by atoms with Gasteiger partial charge in [0, 0.05) is 26.3 Å². The number of aliphatic carboxylic acids is 1. The molecule has 1 saturated heterocycles. The minimum Gasteiger partial charge on any atom is -0.481 e. The maximum Gasteiger partial charge on any atom is 0.410 e. The number of aryl methyl sites for hydroxylation is 2. The normalized spacial score (nSPS) is 16.7. The monoisotopic (exact) mass is 324 g/mol. The van der Waals surface area contributed by atoms with Crippen molar-refractivity contribution in [2.75, 3.05) is 18.4 Å². The summed E-state index contributed by atoms with van der Waals surface area (Å²) in [4.78, 5) is 24.8. The van der Waals surface area contributed by atoms with Crippen LogP contribution in [0.2, 0.25) is 0 Å². The lowest BCUT2D eigenvalue weighted by Crippen LogP contribution is -2.68. The molecular weight excluding hydrogens is 300 g/mol. The quantitative estimate of drug-likeness (QED) is 0.873. The van der Waals surface area contributed by atoms with Crippen LogP contribution < -0.4 is 5.32 Å². The first kappa shape index (κ1) is 17.1. The number of anilines is 1. The second-order valence-electron chi connectivity index (χ2n) is 7.11. The fraction of sp³-hybridized carbons (Fsp3) is 0.667. The lowest BCUT2D eigenvalue weighted by molar-refractivity contribution is -0.139. The molecule has 1 amide bonds. The lowest BCUT2D eigenvalue weighted by Gasteiger charge is -2.49. The number of nitrogens with zero attached hydrogens (tertiary/aromatic N) is 3. The molecule has 23 heavy (non-hydrogen) atoms. The van der Waals surface area contributed by atoms with Crippen LogP contribution in [0.15, 0.2) is 6.20 Å². The molecule has 1 fully saturated rings. The first-order valence-corrected chi connectivity index (χ1v) is 7.48. The molecule has 1 aromatic rings. The molecule has 0 atom stereocenters. The van der Waals surface area contributed by atoms with Gasteiger partial charge in [-0.1, -0.05) is 0 Å². The molecule has 2 heterocycles. The van der Waals surface area contributed by atoms with E-state index in [-0.39, 0.29) is 19.5 Å². The zero-order valence-corrected chi connectivity index (χ0v) is 14.2. The zero-order chi connectivity index (χ0) is 17.4. The summed E-state index contributed by atoms with van der Waals surface area (Å²) < 4.78 is 6.98. The third kappa shape index (κ3) is 4.14. The van der Waals surface area contributed by atoms with E-state index in [2.05, 4.69) is 10.4 Å². The van der Waals surface area contributed by atoms with Crippen molar-refractivity contribution in [2.45, 2.75) is 45.3 Å². The number of ether oxygens (including phenoxy) is 1. The van der Waals surface area contributed by atoms with Crippen molar-refractivity contribution in [3.8, 4) is 0 Å². The predicted molar refractivity (Wildman–Crippen MR) is 84.4 cm³/mol. The highest BCUT2D eigenvalue weighted by Crippen LogP contribution is 2.31. The Hall–Kier alpha value is -2.25. The van der Waals surface area contributed by atoms with Crippen molar-refractivity contribution >= 4 is 17.7 Å². The van der Waals surface area contributed by atoms with E-state index >= 15 is 0 Å². The molecule has 0 bridgehead atoms. The summed E-state index contributed by atoms with van der Waals surface area (Å²) in [6.45, 7) is 7.80. The highest BCUT2D eigenvalue weighted by atomic mass is 16.6. The van der Waals surface area contributed by atoms with Gasteiger partial charge < -0.3 is 20.1 Å². The first-order chi connectivity index (χ1) is 10.5. The van der Waals surface area contributed by atoms with Crippen LogP contribution in [0.5, 0.6) is 0 Å². The summed E-state index contributed by atoms with van der Waals surface area (Å²) in [6, 6.07) is 0. The summed E-state index contributed by atoms with van der Waals surface area (Å²) in [6.07, 6.45) is 1.29. The third-order valence-electron chi connectivity index (χ3n) is 3.54. The van der Waals surface area contributed by atoms with Gasteiger partial charge in [0.15, 0.2) is 0 Å². The van der Waals surface area contributed by atoms with E-state index in [1.807, 2.05) is 6.92 Å². The number of aromatic nitrogens is 2. The van der Waals surface area contributed by atoms with E-state index in [1.165, 1.54) is 4.90 Å². The van der Waals surface area contributed by atoms with E-state index in [1.54, 1.807) is 38.7 Å². The average Bonchev–Trinajstić information content (AvgIpc) is 2.60. The van der Waals surface area contributed by atoms with E-state index in [0.717, 1.165) is 11.4 Å². The molecule has 128 valence electrons. The zero-order valence-electron chi connectivity index (χ0n) is 14.2. The molecule has 0 radical (unpaired) electrons. The molecule has 0 aromatic carbocycles. The van der Waals surface area contributed by atoms with Gasteiger partial charge in [0.1, 0.15) is 5.60 Å². The first-order valence-electron chi connectivity index (χ1n) is 7.48. The predicted octanol–water partition coefficient (Wildman–Crippen LogP) is 1.60. The molecule has 0 saturated carbocycles. The average molecular weight is 324 g/mol. The molecular formula is C15H24N4O4. The number of hydrogen-bond donors (Lipinski definition) is 2. The van der Waals surface area contributed by atoms with Crippen molar-refractivity contribution in [1.82, 2.24) is 14.7 Å². The Morgan fingerprint density at radius 3 is 2.48 bits per heavy atom. The molecule has 8 heteroatoms. The van der Waals surface area contributed by atoms with Crippen LogP contribution in [0, 0.1) is 6.92 Å². The van der Waals surface area contributed by atoms with Gasteiger partial charge in [-0.05, 0) is 27.7 Å². The summed E-state index contributed by atoms with van der Waals surface area (Å²) in [5, 5.41) is 16.7. The third-order valence-corrected chi connectivity index (χ3v) is 3.54. The SMILES string of the molecule is Cc1nn(C)cc1NC1(CC(=O)O)CN(C(=O)OC(C)(C)C)C1. The lowest BCUT2D eigenvalue weighted by atomic mass is 9.86. The van der Waals surface area contributed by atoms with Crippen LogP contribution >= 0.6 is 0 Å². The van der Waals surface area contributed by atoms with Crippen LogP contribution in [-0.4, -0.2) is 56.1 Å². The number of rotatable bonds is 4. The van der Waals surface area contributed by atoms with E-state index in [4.69, 9.17) is 4.74 Å². The van der Waals surface area contributed by atoms with Gasteiger partial charge in [0.25, 0.3) is 0 Å². The van der Waals surface area contributed by atoms with E-state index < -0.39 is 23.2 Å². The van der Waals surface area contributed by atoms with Crippen LogP contribution in [0.3, 0.4) is 0 Å². The van der Waals surface area contributed by atoms with Gasteiger partial charge in [0.05, 0.1) is 23.3 Å². The Morgan fingerprint density at radius 1 is 1.43 bits per heavy atom. The maximum absolute atomic E-state index is 12.1. The number of carbonyl (C=O) groups excluding carboxylic acids is 1. The molecule has 1 aliphatic rings. The Morgan fingerprint density at radius 2 is 2.04 bits per heavy atom. The fourth-order valence-corrected chi connectivity index (χ4v) is 2.67. The molecule has 1 aliphatic heterocycles. The summed E-state index contributed by atoms with van der Waals surface area (Å²) in [7, 11) is 1.80. The molecule has 2 rings (SSSR count). The van der Waals surface area contributed by atoms with Gasteiger partial charge in [-0.3, -0.25) is 9.48 Å². The van der Waals surface area contributed by atoms with E-state index in [9.17, 15) is 14.7 Å². The van der Waals surface area contributed by atoms with Gasteiger partial charge in [-0.25, -0.2) is 4.79 Å². The number of nitrogens with one attached hydrogen (secondary N) is 1. The van der Waals surface area contributed by atoms with Crippen molar-refractivity contribution in [3.05, 3.63) is 11.9 Å². The number of hydrogen-bond acceptors (Lipinski definition) is 5. The number of carboxylic acids is 1. The largest absolute Gasteiger partial charge is 0.481 e. The smallest absolute Gasteiger partial charge is 0.410 e. The second kappa shape index (κ2) is 5.75. The summed E-state index contributed by atoms with van der Waals surface area (Å²) >= 11 is 0. The van der Waals surface area contributed by atoms with E-state index in [0.29, 0.717) is 0 Å². The number of carbonyl (C=O) groups is 2. The second-order valence-corrected chi connectivity index (χ2v) is 7.11. The van der Waals surface area contributed by atoms with Crippen LogP contribution in [-0.2, 0) is 16.6 Å². The van der Waals surface area contributed by atoms with Crippen LogP contribution in [0.25, 0.3) is 0 Å². The Kier molecular flexibility index (Phi) is 4.28. The van der Waals surface area contributed by atoms with Crippen molar-refractivity contribution in [2.24, 2.45) is 7.05 Å².